The van der Waals surface area contributed by atoms with E-state index >= 15 is 0 Å². The van der Waals surface area contributed by atoms with E-state index in [0.717, 1.165) is 25.0 Å². The van der Waals surface area contributed by atoms with Gasteiger partial charge in [-0.2, -0.15) is 0 Å². The average Bonchev–Trinajstić information content (AvgIpc) is 3.10. The van der Waals surface area contributed by atoms with Crippen molar-refractivity contribution in [1.82, 2.24) is 19.9 Å². The molecule has 1 aromatic rings. The maximum Gasteiger partial charge on any atom is 0.634 e. The first-order valence-electron chi connectivity index (χ1n) is 9.92. The Morgan fingerprint density at radius 1 is 1.40 bits per heavy atom. The van der Waals surface area contributed by atoms with Crippen LogP contribution in [0.25, 0.3) is 0 Å². The molecular formula is C18H29BN4O7. The maximum atomic E-state index is 11.6. The topological polar surface area (TPSA) is 150 Å². The van der Waals surface area contributed by atoms with Gasteiger partial charge in [0.25, 0.3) is 0 Å². The number of likely N-dealkylation sites (tertiary alicyclic amines) is 1. The summed E-state index contributed by atoms with van der Waals surface area (Å²) >= 11 is 0. The summed E-state index contributed by atoms with van der Waals surface area (Å²) in [4.78, 5) is 13.4. The zero-order chi connectivity index (χ0) is 22.1. The molecule has 2 rings (SSSR count). The number of hydrogen-bond donors (Lipinski definition) is 4. The van der Waals surface area contributed by atoms with Crippen molar-refractivity contribution in [2.45, 2.75) is 52.0 Å². The van der Waals surface area contributed by atoms with Crippen molar-refractivity contribution in [3.05, 3.63) is 35.4 Å². The number of aromatic nitrogens is 3. The first-order valence-corrected chi connectivity index (χ1v) is 9.92. The minimum atomic E-state index is -2.08. The van der Waals surface area contributed by atoms with E-state index in [1.165, 1.54) is 0 Å². The first-order chi connectivity index (χ1) is 14.3. The molecule has 166 valence electrons. The Hall–Kier alpha value is -2.25. The van der Waals surface area contributed by atoms with Crippen LogP contribution in [-0.2, 0) is 27.2 Å². The molecule has 1 saturated heterocycles. The van der Waals surface area contributed by atoms with Crippen molar-refractivity contribution >= 4 is 13.3 Å². The molecule has 11 nitrogen and oxygen atoms in total. The van der Waals surface area contributed by atoms with Crippen molar-refractivity contribution < 1.29 is 34.4 Å². The number of ether oxygens (including phenoxy) is 1. The minimum absolute atomic E-state index is 0.0969. The molecule has 0 aromatic carbocycles. The summed E-state index contributed by atoms with van der Waals surface area (Å²) in [6.45, 7) is 4.50. The summed E-state index contributed by atoms with van der Waals surface area (Å²) in [6, 6.07) is 0. The average molecular weight is 424 g/mol. The fourth-order valence-corrected chi connectivity index (χ4v) is 2.80. The summed E-state index contributed by atoms with van der Waals surface area (Å²) in [5.41, 5.74) is 0.626. The summed E-state index contributed by atoms with van der Waals surface area (Å²) in [7, 11) is -2.08. The zero-order valence-electron chi connectivity index (χ0n) is 17.2. The molecule has 1 fully saturated rings. The third-order valence-electron chi connectivity index (χ3n) is 4.55. The Morgan fingerprint density at radius 3 is 2.70 bits per heavy atom. The van der Waals surface area contributed by atoms with E-state index in [0.29, 0.717) is 13.1 Å². The monoisotopic (exact) mass is 424 g/mol. The fraction of sp³-hybridized carbons (Fsp3) is 0.611. The molecule has 1 atom stereocenters. The van der Waals surface area contributed by atoms with Crippen molar-refractivity contribution in [3.8, 4) is 0 Å². The van der Waals surface area contributed by atoms with Crippen LogP contribution in [0.15, 0.2) is 29.7 Å². The Kier molecular flexibility index (Phi) is 9.46. The van der Waals surface area contributed by atoms with Crippen LogP contribution in [0.3, 0.4) is 0 Å². The standard InChI is InChI=1S/C18H29BN4O7/c1-3-5-6-7-16(15(18(25)26)12-29-19(27)28)30-14-9-22(10-14)17(24)11-23-8-13(4-2)20-21-23/h6-8,14,17,24,27-28H,3-5,9-12H2,1-2H3,(H,25,26)/b7-6-,16-15-. The molecule has 1 aliphatic heterocycles. The molecule has 30 heavy (non-hydrogen) atoms. The van der Waals surface area contributed by atoms with Gasteiger partial charge in [-0.3, -0.25) is 4.90 Å². The van der Waals surface area contributed by atoms with Crippen molar-refractivity contribution in [2.75, 3.05) is 19.7 Å². The molecule has 2 heterocycles. The molecule has 0 bridgehead atoms. The Morgan fingerprint density at radius 2 is 2.13 bits per heavy atom. The van der Waals surface area contributed by atoms with Gasteiger partial charge in [0.15, 0.2) is 0 Å². The van der Waals surface area contributed by atoms with Gasteiger partial charge in [-0.05, 0) is 18.9 Å². The third-order valence-corrected chi connectivity index (χ3v) is 4.55. The van der Waals surface area contributed by atoms with Gasteiger partial charge in [-0.25, -0.2) is 9.48 Å². The van der Waals surface area contributed by atoms with Crippen LogP contribution in [0.2, 0.25) is 0 Å². The molecule has 1 aliphatic rings. The summed E-state index contributed by atoms with van der Waals surface area (Å²) < 4.78 is 12.0. The predicted molar refractivity (Wildman–Crippen MR) is 107 cm³/mol. The van der Waals surface area contributed by atoms with Crippen LogP contribution in [0.1, 0.15) is 32.4 Å². The van der Waals surface area contributed by atoms with E-state index in [2.05, 4.69) is 15.0 Å². The number of aryl methyl sites for hydroxylation is 1. The van der Waals surface area contributed by atoms with Crippen molar-refractivity contribution in [3.63, 3.8) is 0 Å². The molecule has 0 amide bonds. The smallest absolute Gasteiger partial charge is 0.487 e. The molecule has 4 N–H and O–H groups in total. The molecule has 1 aromatic heterocycles. The number of carbonyl (C=O) groups is 1. The van der Waals surface area contributed by atoms with Gasteiger partial charge in [0.2, 0.25) is 0 Å². The Balaban J connectivity index is 1.97. The number of hydrogen-bond acceptors (Lipinski definition) is 9. The van der Waals surface area contributed by atoms with Gasteiger partial charge in [0.05, 0.1) is 18.8 Å². The highest BCUT2D eigenvalue weighted by Crippen LogP contribution is 2.21. The van der Waals surface area contributed by atoms with Gasteiger partial charge >= 0.3 is 13.3 Å². The van der Waals surface area contributed by atoms with Crippen LogP contribution >= 0.6 is 0 Å². The lowest BCUT2D eigenvalue weighted by Crippen LogP contribution is -2.57. The highest BCUT2D eigenvalue weighted by Gasteiger charge is 2.34. The number of aliphatic hydroxyl groups is 1. The van der Waals surface area contributed by atoms with Crippen molar-refractivity contribution in [1.29, 1.82) is 0 Å². The van der Waals surface area contributed by atoms with Gasteiger partial charge in [0.1, 0.15) is 23.7 Å². The number of nitrogens with zero attached hydrogens (tertiary/aromatic N) is 4. The van der Waals surface area contributed by atoms with Crippen LogP contribution in [0, 0.1) is 0 Å². The van der Waals surface area contributed by atoms with E-state index < -0.39 is 26.1 Å². The van der Waals surface area contributed by atoms with E-state index in [1.54, 1.807) is 27.9 Å². The zero-order valence-corrected chi connectivity index (χ0v) is 17.2. The molecule has 0 spiro atoms. The quantitative estimate of drug-likeness (QED) is 0.142. The molecule has 12 heteroatoms. The Bertz CT molecular complexity index is 747. The molecule has 1 unspecified atom stereocenters. The Labute approximate surface area is 175 Å². The highest BCUT2D eigenvalue weighted by molar-refractivity contribution is 6.32. The normalized spacial score (nSPS) is 17.0. The summed E-state index contributed by atoms with van der Waals surface area (Å²) in [5, 5.41) is 45.5. The predicted octanol–water partition coefficient (Wildman–Crippen LogP) is -0.459. The van der Waals surface area contributed by atoms with Crippen LogP contribution in [0.5, 0.6) is 0 Å². The first kappa shape index (κ1) is 24.0. The molecule has 0 saturated carbocycles. The summed E-state index contributed by atoms with van der Waals surface area (Å²) in [6.07, 6.45) is 6.41. The molecule has 0 aliphatic carbocycles. The van der Waals surface area contributed by atoms with Gasteiger partial charge in [-0.15, -0.1) is 5.10 Å². The lowest BCUT2D eigenvalue weighted by Gasteiger charge is -2.41. The number of allylic oxidation sites excluding steroid dienone is 2. The van der Waals surface area contributed by atoms with Gasteiger partial charge < -0.3 is 29.7 Å². The number of carboxylic acid groups (broad SMARTS) is 1. The highest BCUT2D eigenvalue weighted by atomic mass is 16.6. The fourth-order valence-electron chi connectivity index (χ4n) is 2.80. The molecule has 0 radical (unpaired) electrons. The van der Waals surface area contributed by atoms with E-state index in [1.807, 2.05) is 13.8 Å². The number of aliphatic hydroxyl groups excluding tert-OH is 1. The van der Waals surface area contributed by atoms with Gasteiger partial charge in [0, 0.05) is 19.3 Å². The van der Waals surface area contributed by atoms with Crippen LogP contribution in [-0.4, -0.2) is 85.5 Å². The van der Waals surface area contributed by atoms with E-state index in [-0.39, 0.29) is 24.0 Å². The lowest BCUT2D eigenvalue weighted by atomic mass is 10.1. The number of carboxylic acids is 1. The van der Waals surface area contributed by atoms with E-state index in [4.69, 9.17) is 14.8 Å². The summed E-state index contributed by atoms with van der Waals surface area (Å²) in [5.74, 6) is -1.18. The number of rotatable bonds is 13. The second-order valence-corrected chi connectivity index (χ2v) is 6.94. The third kappa shape index (κ3) is 7.22. The SMILES string of the molecule is CCC/C=C\C(OC1CN(C(O)Cn2cc(CC)nn2)C1)=C(/COB(O)O)C(=O)O. The van der Waals surface area contributed by atoms with Gasteiger partial charge in [-0.1, -0.05) is 31.6 Å². The number of aliphatic carboxylic acids is 1. The minimum Gasteiger partial charge on any atom is -0.487 e. The maximum absolute atomic E-state index is 11.6. The largest absolute Gasteiger partial charge is 0.634 e. The van der Waals surface area contributed by atoms with Crippen LogP contribution < -0.4 is 0 Å². The molecular weight excluding hydrogens is 395 g/mol. The number of unbranched alkanes of at least 4 members (excludes halogenated alkanes) is 1. The second kappa shape index (κ2) is 11.8. The van der Waals surface area contributed by atoms with E-state index in [9.17, 15) is 15.0 Å². The second-order valence-electron chi connectivity index (χ2n) is 6.94. The van der Waals surface area contributed by atoms with Crippen molar-refractivity contribution in [2.24, 2.45) is 0 Å². The van der Waals surface area contributed by atoms with Crippen LogP contribution in [0.4, 0.5) is 0 Å². The lowest BCUT2D eigenvalue weighted by molar-refractivity contribution is -0.134.